The average molecular weight is 475 g/mol. The third-order valence-electron chi connectivity index (χ3n) is 6.20. The van der Waals surface area contributed by atoms with Crippen LogP contribution in [0, 0.1) is 0 Å². The third-order valence-corrected chi connectivity index (χ3v) is 6.20. The van der Waals surface area contributed by atoms with E-state index in [-0.39, 0.29) is 18.4 Å². The second kappa shape index (κ2) is 8.65. The van der Waals surface area contributed by atoms with Gasteiger partial charge in [-0.15, -0.1) is 0 Å². The molecule has 5 rings (SSSR count). The number of halogens is 3. The van der Waals surface area contributed by atoms with Crippen molar-refractivity contribution in [2.45, 2.75) is 43.8 Å². The van der Waals surface area contributed by atoms with Gasteiger partial charge in [-0.25, -0.2) is 15.0 Å². The molecular weight excluding hydrogens is 451 g/mol. The van der Waals surface area contributed by atoms with Crippen molar-refractivity contribution in [1.82, 2.24) is 24.5 Å². The fraction of sp³-hybridized carbons (Fsp3) is 0.455. The number of fused-ring (bicyclic) bond motifs is 1. The highest BCUT2D eigenvalue weighted by Crippen LogP contribution is 2.37. The molecule has 3 aromatic rings. The Kier molecular flexibility index (Phi) is 5.66. The number of hydrogen-bond donors (Lipinski definition) is 1. The predicted octanol–water partition coefficient (Wildman–Crippen LogP) is 4.23. The van der Waals surface area contributed by atoms with Crippen molar-refractivity contribution in [3.05, 3.63) is 36.7 Å². The van der Waals surface area contributed by atoms with Crippen molar-refractivity contribution in [3.63, 3.8) is 0 Å². The Morgan fingerprint density at radius 1 is 1.18 bits per heavy atom. The molecule has 12 heteroatoms. The van der Waals surface area contributed by atoms with Gasteiger partial charge in [0.25, 0.3) is 0 Å². The maximum absolute atomic E-state index is 12.9. The first-order valence-electron chi connectivity index (χ1n) is 11.0. The van der Waals surface area contributed by atoms with Crippen LogP contribution in [0.25, 0.3) is 5.82 Å². The van der Waals surface area contributed by atoms with Crippen LogP contribution in [-0.4, -0.2) is 57.5 Å². The average Bonchev–Trinajstić information content (AvgIpc) is 3.23. The number of likely N-dealkylation sites (N-methyl/N-ethyl adjacent to an activating group) is 1. The summed E-state index contributed by atoms with van der Waals surface area (Å²) in [6.45, 7) is -0.0849. The SMILES string of the molecule is COc1cc(Nc2ncc3c(n2)N(C)C(CC(F)(F)F)CO3)cnc1-n1cnc(C2CCC2)c1. The summed E-state index contributed by atoms with van der Waals surface area (Å²) in [4.78, 5) is 19.1. The van der Waals surface area contributed by atoms with Crippen molar-refractivity contribution in [2.75, 3.05) is 31.0 Å². The molecule has 1 saturated carbocycles. The Balaban J connectivity index is 1.35. The smallest absolute Gasteiger partial charge is 0.391 e. The van der Waals surface area contributed by atoms with Gasteiger partial charge in [0.1, 0.15) is 12.9 Å². The van der Waals surface area contributed by atoms with Gasteiger partial charge in [0.15, 0.2) is 23.1 Å². The summed E-state index contributed by atoms with van der Waals surface area (Å²) in [5.74, 6) is 2.45. The zero-order valence-corrected chi connectivity index (χ0v) is 18.7. The van der Waals surface area contributed by atoms with Gasteiger partial charge < -0.3 is 19.7 Å². The van der Waals surface area contributed by atoms with E-state index in [1.165, 1.54) is 17.5 Å². The molecule has 180 valence electrons. The first-order chi connectivity index (χ1) is 16.3. The predicted molar refractivity (Wildman–Crippen MR) is 118 cm³/mol. The number of alkyl halides is 3. The Bertz CT molecular complexity index is 1180. The zero-order valence-electron chi connectivity index (χ0n) is 18.7. The van der Waals surface area contributed by atoms with Gasteiger partial charge in [-0.3, -0.25) is 4.57 Å². The molecule has 0 aromatic carbocycles. The number of nitrogens with zero attached hydrogens (tertiary/aromatic N) is 6. The molecule has 9 nitrogen and oxygen atoms in total. The van der Waals surface area contributed by atoms with E-state index >= 15 is 0 Å². The number of ether oxygens (including phenoxy) is 2. The Labute approximate surface area is 194 Å². The molecule has 0 amide bonds. The maximum atomic E-state index is 12.9. The molecule has 4 heterocycles. The zero-order chi connectivity index (χ0) is 23.9. The number of methoxy groups -OCH3 is 1. The van der Waals surface area contributed by atoms with Gasteiger partial charge >= 0.3 is 6.18 Å². The minimum atomic E-state index is -4.30. The van der Waals surface area contributed by atoms with Gasteiger partial charge in [0.05, 0.1) is 43.3 Å². The summed E-state index contributed by atoms with van der Waals surface area (Å²) in [5, 5.41) is 3.04. The standard InChI is InChI=1S/C22H24F3N7O2/c1-31-15(7-22(23,24)25)11-34-18-9-27-21(30-20(18)31)29-14-6-17(33-2)19(26-8-14)32-10-16(28-12-32)13-4-3-5-13/h6,8-10,12-13,15H,3-5,7,11H2,1-2H3,(H,27,29,30). The second-order valence-electron chi connectivity index (χ2n) is 8.48. The monoisotopic (exact) mass is 475 g/mol. The quantitative estimate of drug-likeness (QED) is 0.567. The van der Waals surface area contributed by atoms with Gasteiger partial charge in [0.2, 0.25) is 5.95 Å². The van der Waals surface area contributed by atoms with E-state index in [9.17, 15) is 13.2 Å². The van der Waals surface area contributed by atoms with Crippen LogP contribution in [0.4, 0.5) is 30.6 Å². The van der Waals surface area contributed by atoms with E-state index in [4.69, 9.17) is 9.47 Å². The van der Waals surface area contributed by atoms with E-state index in [1.54, 1.807) is 32.7 Å². The lowest BCUT2D eigenvalue weighted by Gasteiger charge is -2.35. The van der Waals surface area contributed by atoms with Crippen LogP contribution in [0.15, 0.2) is 31.0 Å². The highest BCUT2D eigenvalue weighted by molar-refractivity contribution is 5.62. The van der Waals surface area contributed by atoms with E-state index < -0.39 is 18.6 Å². The molecule has 0 bridgehead atoms. The van der Waals surface area contributed by atoms with Crippen molar-refractivity contribution in [1.29, 1.82) is 0 Å². The van der Waals surface area contributed by atoms with Crippen LogP contribution in [0.5, 0.6) is 11.5 Å². The highest BCUT2D eigenvalue weighted by atomic mass is 19.4. The first kappa shape index (κ1) is 22.2. The number of hydrogen-bond acceptors (Lipinski definition) is 8. The molecule has 34 heavy (non-hydrogen) atoms. The van der Waals surface area contributed by atoms with E-state index in [0.717, 1.165) is 18.5 Å². The summed E-state index contributed by atoms with van der Waals surface area (Å²) < 4.78 is 51.5. The molecule has 1 aliphatic carbocycles. The third kappa shape index (κ3) is 4.44. The molecule has 1 aliphatic heterocycles. The summed E-state index contributed by atoms with van der Waals surface area (Å²) in [6, 6.07) is 0.886. The number of pyridine rings is 1. The summed E-state index contributed by atoms with van der Waals surface area (Å²) in [5.41, 5.74) is 1.61. The highest BCUT2D eigenvalue weighted by Gasteiger charge is 2.37. The molecule has 1 unspecified atom stereocenters. The molecule has 3 aromatic heterocycles. The first-order valence-corrected chi connectivity index (χ1v) is 11.0. The van der Waals surface area contributed by atoms with E-state index in [1.807, 2.05) is 10.8 Å². The molecule has 0 spiro atoms. The number of imidazole rings is 1. The fourth-order valence-corrected chi connectivity index (χ4v) is 4.06. The second-order valence-corrected chi connectivity index (χ2v) is 8.48. The lowest BCUT2D eigenvalue weighted by atomic mass is 9.83. The molecule has 0 radical (unpaired) electrons. The van der Waals surface area contributed by atoms with Crippen LogP contribution >= 0.6 is 0 Å². The minimum Gasteiger partial charge on any atom is -0.493 e. The van der Waals surface area contributed by atoms with Gasteiger partial charge in [-0.2, -0.15) is 18.2 Å². The Morgan fingerprint density at radius 2 is 2.00 bits per heavy atom. The number of nitrogens with one attached hydrogen (secondary N) is 1. The Morgan fingerprint density at radius 3 is 2.71 bits per heavy atom. The molecule has 1 fully saturated rings. The summed E-state index contributed by atoms with van der Waals surface area (Å²) in [7, 11) is 3.12. The van der Waals surface area contributed by atoms with E-state index in [0.29, 0.717) is 28.9 Å². The number of anilines is 3. The molecule has 1 atom stereocenters. The fourth-order valence-electron chi connectivity index (χ4n) is 4.06. The molecule has 1 N–H and O–H groups in total. The van der Waals surface area contributed by atoms with E-state index in [2.05, 4.69) is 25.3 Å². The normalized spacial score (nSPS) is 18.1. The largest absolute Gasteiger partial charge is 0.493 e. The van der Waals surface area contributed by atoms with Crippen molar-refractivity contribution in [3.8, 4) is 17.3 Å². The topological polar surface area (TPSA) is 90.2 Å². The summed E-state index contributed by atoms with van der Waals surface area (Å²) >= 11 is 0. The van der Waals surface area contributed by atoms with Gasteiger partial charge in [-0.1, -0.05) is 6.42 Å². The lowest BCUT2D eigenvalue weighted by Crippen LogP contribution is -2.43. The van der Waals surface area contributed by atoms with Crippen molar-refractivity contribution in [2.24, 2.45) is 0 Å². The molecule has 2 aliphatic rings. The molecule has 0 saturated heterocycles. The number of aromatic nitrogens is 5. The minimum absolute atomic E-state index is 0.0849. The van der Waals surface area contributed by atoms with Gasteiger partial charge in [-0.05, 0) is 12.8 Å². The summed E-state index contributed by atoms with van der Waals surface area (Å²) in [6.07, 6.45) is 5.00. The van der Waals surface area contributed by atoms with Crippen LogP contribution < -0.4 is 19.7 Å². The van der Waals surface area contributed by atoms with Crippen LogP contribution in [0.2, 0.25) is 0 Å². The van der Waals surface area contributed by atoms with Gasteiger partial charge in [0, 0.05) is 25.2 Å². The maximum Gasteiger partial charge on any atom is 0.391 e. The van der Waals surface area contributed by atoms with Crippen LogP contribution in [0.3, 0.4) is 0 Å². The van der Waals surface area contributed by atoms with Crippen LogP contribution in [0.1, 0.15) is 37.3 Å². The number of rotatable bonds is 6. The van der Waals surface area contributed by atoms with Crippen molar-refractivity contribution < 1.29 is 22.6 Å². The lowest BCUT2D eigenvalue weighted by molar-refractivity contribution is -0.140. The molecular formula is C22H24F3N7O2. The Hall–Kier alpha value is -3.57. The van der Waals surface area contributed by atoms with Crippen LogP contribution in [-0.2, 0) is 0 Å². The van der Waals surface area contributed by atoms with Crippen molar-refractivity contribution >= 4 is 17.5 Å².